The van der Waals surface area contributed by atoms with E-state index in [0.29, 0.717) is 50.5 Å². The van der Waals surface area contributed by atoms with E-state index in [1.165, 1.54) is 59.5 Å². The van der Waals surface area contributed by atoms with Gasteiger partial charge in [0.25, 0.3) is 5.91 Å². The highest BCUT2D eigenvalue weighted by molar-refractivity contribution is 5.97. The summed E-state index contributed by atoms with van der Waals surface area (Å²) >= 11 is 0. The smallest absolute Gasteiger partial charge is 0.329 e. The second-order valence-electron chi connectivity index (χ2n) is 21.2. The van der Waals surface area contributed by atoms with Gasteiger partial charge >= 0.3 is 11.9 Å². The molecule has 10 atom stereocenters. The molecule has 3 heterocycles. The monoisotopic (exact) mass is 1000 g/mol. The number of ether oxygens (including phenoxy) is 2. The van der Waals surface area contributed by atoms with E-state index in [4.69, 9.17) is 15.9 Å². The fraction of sp³-hybridized carbons (Fsp3) is 0.685. The molecule has 3 aliphatic heterocycles. The molecule has 18 heteroatoms. The molecule has 1 aromatic rings. The second-order valence-corrected chi connectivity index (χ2v) is 21.2. The molecule has 0 spiro atoms. The summed E-state index contributed by atoms with van der Waals surface area (Å²) in [7, 11) is 4.30. The van der Waals surface area contributed by atoms with Crippen LogP contribution >= 0.6 is 0 Å². The Kier molecular flexibility index (Phi) is 20.8. The van der Waals surface area contributed by atoms with Crippen LogP contribution in [0.1, 0.15) is 126 Å². The molecular formula is C54H81N7O11. The highest BCUT2D eigenvalue weighted by atomic mass is 16.6. The Hall–Kier alpha value is -5.99. The van der Waals surface area contributed by atoms with Crippen molar-refractivity contribution >= 4 is 53.3 Å². The zero-order valence-electron chi connectivity index (χ0n) is 44.9. The summed E-state index contributed by atoms with van der Waals surface area (Å²) in [5.41, 5.74) is -0.769. The summed E-state index contributed by atoms with van der Waals surface area (Å²) in [6.07, 6.45) is 5.97. The number of hydrogen-bond donors (Lipinski definition) is 2. The molecule has 1 aromatic carbocycles. The molecule has 72 heavy (non-hydrogen) atoms. The van der Waals surface area contributed by atoms with E-state index >= 15 is 0 Å². The zero-order valence-corrected chi connectivity index (χ0v) is 44.9. The molecule has 3 saturated heterocycles. The van der Waals surface area contributed by atoms with Gasteiger partial charge < -0.3 is 44.6 Å². The van der Waals surface area contributed by atoms with Gasteiger partial charge in [0.05, 0.1) is 5.41 Å². The average molecular weight is 1000 g/mol. The van der Waals surface area contributed by atoms with Gasteiger partial charge in [-0.25, -0.2) is 9.59 Å². The van der Waals surface area contributed by atoms with Crippen LogP contribution in [0.15, 0.2) is 30.3 Å². The number of carbonyl (C=O) groups is 9. The van der Waals surface area contributed by atoms with Crippen molar-refractivity contribution < 1.29 is 52.6 Å². The first kappa shape index (κ1) is 58.6. The van der Waals surface area contributed by atoms with Gasteiger partial charge in [-0.3, -0.25) is 33.6 Å². The van der Waals surface area contributed by atoms with Crippen LogP contribution in [0.3, 0.4) is 0 Å². The molecule has 0 bridgehead atoms. The number of benzene rings is 1. The van der Waals surface area contributed by atoms with E-state index in [1.807, 2.05) is 13.0 Å². The Morgan fingerprint density at radius 2 is 1.25 bits per heavy atom. The first-order chi connectivity index (χ1) is 33.8. The van der Waals surface area contributed by atoms with E-state index in [9.17, 15) is 43.2 Å². The van der Waals surface area contributed by atoms with Crippen LogP contribution in [0, 0.1) is 35.5 Å². The van der Waals surface area contributed by atoms with Crippen molar-refractivity contribution in [1.82, 2.24) is 35.1 Å². The van der Waals surface area contributed by atoms with Gasteiger partial charge in [-0.1, -0.05) is 78.3 Å². The van der Waals surface area contributed by atoms with Gasteiger partial charge in [0, 0.05) is 47.1 Å². The molecule has 0 aromatic heterocycles. The van der Waals surface area contributed by atoms with E-state index in [1.54, 1.807) is 72.7 Å². The number of terminal acetylenes is 1. The molecule has 3 fully saturated rings. The molecular weight excluding hydrogens is 923 g/mol. The third kappa shape index (κ3) is 13.5. The molecule has 7 amide bonds. The Morgan fingerprint density at radius 3 is 1.81 bits per heavy atom. The number of rotatable bonds is 9. The first-order valence-electron chi connectivity index (χ1n) is 25.7. The van der Waals surface area contributed by atoms with Crippen molar-refractivity contribution in [3.05, 3.63) is 35.9 Å². The van der Waals surface area contributed by atoms with Crippen LogP contribution in [0.25, 0.3) is 0 Å². The van der Waals surface area contributed by atoms with E-state index in [2.05, 4.69) is 16.6 Å². The predicted molar refractivity (Wildman–Crippen MR) is 270 cm³/mol. The average Bonchev–Trinajstić information content (AvgIpc) is 4.06. The third-order valence-corrected chi connectivity index (χ3v) is 15.1. The number of amides is 7. The maximum atomic E-state index is 14.8. The summed E-state index contributed by atoms with van der Waals surface area (Å²) in [5, 5.41) is 5.76. The molecule has 3 aliphatic rings. The molecule has 18 nitrogen and oxygen atoms in total. The van der Waals surface area contributed by atoms with Crippen molar-refractivity contribution in [2.45, 2.75) is 182 Å². The Morgan fingerprint density at radius 1 is 0.694 bits per heavy atom. The van der Waals surface area contributed by atoms with Gasteiger partial charge in [0.1, 0.15) is 48.4 Å². The van der Waals surface area contributed by atoms with Crippen LogP contribution in [0.4, 0.5) is 0 Å². The zero-order chi connectivity index (χ0) is 53.9. The number of esters is 2. The molecule has 398 valence electrons. The molecule has 0 saturated carbocycles. The predicted octanol–water partition coefficient (Wildman–Crippen LogP) is 3.73. The van der Waals surface area contributed by atoms with Gasteiger partial charge in [-0.15, -0.1) is 12.3 Å². The molecule has 2 N–H and O–H groups in total. The lowest BCUT2D eigenvalue weighted by Gasteiger charge is -2.38. The number of fused-ring (bicyclic) bond motifs is 2. The molecule has 2 unspecified atom stereocenters. The summed E-state index contributed by atoms with van der Waals surface area (Å²) in [4.78, 5) is 136. The number of nitrogens with zero attached hydrogens (tertiary/aromatic N) is 5. The van der Waals surface area contributed by atoms with Gasteiger partial charge in [0.2, 0.25) is 35.4 Å². The number of likely N-dealkylation sites (N-methyl/N-ethyl adjacent to an activating group) is 3. The number of unbranched alkanes of at least 4 members (excludes halogenated alkanes) is 1. The van der Waals surface area contributed by atoms with Crippen molar-refractivity contribution in [2.75, 3.05) is 34.2 Å². The van der Waals surface area contributed by atoms with Gasteiger partial charge in [-0.05, 0) is 89.5 Å². The largest absolute Gasteiger partial charge is 0.460 e. The van der Waals surface area contributed by atoms with Crippen LogP contribution in [0.2, 0.25) is 0 Å². The highest BCUT2D eigenvalue weighted by Gasteiger charge is 2.48. The Balaban J connectivity index is 1.83. The number of nitrogens with one attached hydrogen (secondary N) is 2. The summed E-state index contributed by atoms with van der Waals surface area (Å²) in [5.74, 6) is -4.54. The number of cyclic esters (lactones) is 2. The maximum Gasteiger partial charge on any atom is 0.329 e. The van der Waals surface area contributed by atoms with Crippen molar-refractivity contribution in [2.24, 2.45) is 23.2 Å². The van der Waals surface area contributed by atoms with Crippen molar-refractivity contribution in [3.8, 4) is 12.3 Å². The minimum absolute atomic E-state index is 0.0337. The highest BCUT2D eigenvalue weighted by Crippen LogP contribution is 2.31. The van der Waals surface area contributed by atoms with E-state index in [0.717, 1.165) is 0 Å². The maximum absolute atomic E-state index is 14.8. The summed E-state index contributed by atoms with van der Waals surface area (Å²) in [6.45, 7) is 17.2. The van der Waals surface area contributed by atoms with E-state index in [-0.39, 0.29) is 25.9 Å². The first-order valence-corrected chi connectivity index (χ1v) is 25.7. The topological polar surface area (TPSA) is 212 Å². The summed E-state index contributed by atoms with van der Waals surface area (Å²) in [6, 6.07) is 1.22. The lowest BCUT2D eigenvalue weighted by Crippen LogP contribution is -2.60. The standard InChI is InChI=1S/C54H81N7O11/c1-15-17-19-28-41-54(10,11)53(70)56-43(34(7)16-2)50(67)58(13)35(8)46(63)57(12)36(9)47(64)59(14)44(33(5)6)52(69)71-40(31-37-24-20-18-21-25-37)49(66)61-30-23-27-39(61)48(65)60-29-22-26-38(60)45(62)55-42(32(3)4)51(68)72-41/h1,18,20-21,24-25,32-36,38-44H,16-17,19,22-23,26-31H2,2-14H3,(H,55,62)(H,56,70)/t34-,35-,36-,38-,39-,40?,41+,42?,43-,44-/m0/s1. The van der Waals surface area contributed by atoms with Gasteiger partial charge in [0.15, 0.2) is 6.10 Å². The van der Waals surface area contributed by atoms with Crippen LogP contribution in [-0.4, -0.2) is 167 Å². The summed E-state index contributed by atoms with van der Waals surface area (Å²) < 4.78 is 12.3. The molecule has 4 rings (SSSR count). The van der Waals surface area contributed by atoms with Crippen molar-refractivity contribution in [3.63, 3.8) is 0 Å². The van der Waals surface area contributed by atoms with Crippen LogP contribution in [-0.2, 0) is 59.0 Å². The van der Waals surface area contributed by atoms with Gasteiger partial charge in [-0.2, -0.15) is 0 Å². The molecule has 0 aliphatic carbocycles. The van der Waals surface area contributed by atoms with Crippen LogP contribution in [0.5, 0.6) is 0 Å². The Labute approximate surface area is 427 Å². The third-order valence-electron chi connectivity index (χ3n) is 15.1. The lowest BCUT2D eigenvalue weighted by molar-refractivity contribution is -0.169. The molecule has 0 radical (unpaired) electrons. The fourth-order valence-corrected chi connectivity index (χ4v) is 9.79. The lowest BCUT2D eigenvalue weighted by atomic mass is 9.81. The van der Waals surface area contributed by atoms with Crippen molar-refractivity contribution in [1.29, 1.82) is 0 Å². The van der Waals surface area contributed by atoms with E-state index < -0.39 is 131 Å². The minimum atomic E-state index is -1.45. The Bertz CT molecular complexity index is 2180. The minimum Gasteiger partial charge on any atom is -0.460 e. The SMILES string of the molecule is C#CCCC[C@H]1OC(=O)C(C(C)C)NC(=O)[C@@H]2CCCN2C(=O)[C@@H]2CCCN2C(=O)C(Cc2ccccc2)OC(=O)[C@H](C(C)C)N(C)C(=O)[C@H](C)N(C)C(=O)[C@H](C)N(C)C(=O)[C@H]([C@@H](C)CC)NC(=O)C1(C)C. The fourth-order valence-electron chi connectivity index (χ4n) is 9.79. The van der Waals surface area contributed by atoms with Crippen LogP contribution < -0.4 is 10.6 Å². The second kappa shape index (κ2) is 25.6. The normalized spacial score (nSPS) is 28.7. The number of hydrogen-bond acceptors (Lipinski definition) is 11. The number of carbonyl (C=O) groups excluding carboxylic acids is 9. The quantitative estimate of drug-likeness (QED) is 0.207.